The molecule has 0 spiro atoms. The van der Waals surface area contributed by atoms with Crippen molar-refractivity contribution in [3.8, 4) is 5.75 Å². The third-order valence-electron chi connectivity index (χ3n) is 4.20. The molecule has 1 saturated carbocycles. The molecule has 0 aromatic heterocycles. The molecule has 124 valence electrons. The van der Waals surface area contributed by atoms with Crippen LogP contribution in [0.5, 0.6) is 5.75 Å². The molecule has 0 bridgehead atoms. The van der Waals surface area contributed by atoms with E-state index < -0.39 is 0 Å². The highest BCUT2D eigenvalue weighted by atomic mass is 35.5. The predicted octanol–water partition coefficient (Wildman–Crippen LogP) is 4.86. The van der Waals surface area contributed by atoms with E-state index in [2.05, 4.69) is 11.4 Å². The van der Waals surface area contributed by atoms with Gasteiger partial charge in [0.2, 0.25) is 0 Å². The van der Waals surface area contributed by atoms with E-state index >= 15 is 0 Å². The van der Waals surface area contributed by atoms with Gasteiger partial charge in [0.25, 0.3) is 0 Å². The minimum Gasteiger partial charge on any atom is -0.489 e. The van der Waals surface area contributed by atoms with Crippen molar-refractivity contribution in [3.63, 3.8) is 0 Å². The van der Waals surface area contributed by atoms with Gasteiger partial charge in [-0.15, -0.1) is 12.4 Å². The van der Waals surface area contributed by atoms with Crippen LogP contribution in [0, 0.1) is 5.82 Å². The maximum atomic E-state index is 13.6. The summed E-state index contributed by atoms with van der Waals surface area (Å²) in [6.45, 7) is 1.12. The first-order valence-corrected chi connectivity index (χ1v) is 8.00. The molecule has 0 amide bonds. The highest BCUT2D eigenvalue weighted by Gasteiger charge is 2.13. The first kappa shape index (κ1) is 17.8. The van der Waals surface area contributed by atoms with Crippen LogP contribution in [0.15, 0.2) is 48.5 Å². The summed E-state index contributed by atoms with van der Waals surface area (Å²) in [5, 5.41) is 3.59. The van der Waals surface area contributed by atoms with Gasteiger partial charge in [-0.1, -0.05) is 43.2 Å². The maximum absolute atomic E-state index is 13.6. The molecule has 0 heterocycles. The molecule has 0 unspecified atom stereocenters. The molecule has 0 atom stereocenters. The highest BCUT2D eigenvalue weighted by molar-refractivity contribution is 5.85. The van der Waals surface area contributed by atoms with Crippen LogP contribution in [0.25, 0.3) is 0 Å². The Morgan fingerprint density at radius 2 is 1.83 bits per heavy atom. The Labute approximate surface area is 143 Å². The van der Waals surface area contributed by atoms with Crippen LogP contribution in [0.1, 0.15) is 36.8 Å². The van der Waals surface area contributed by atoms with Crippen molar-refractivity contribution in [2.45, 2.75) is 44.9 Å². The summed E-state index contributed by atoms with van der Waals surface area (Å²) >= 11 is 0. The maximum Gasteiger partial charge on any atom is 0.129 e. The number of nitrogens with one attached hydrogen (secondary N) is 1. The second kappa shape index (κ2) is 8.90. The summed E-state index contributed by atoms with van der Waals surface area (Å²) in [4.78, 5) is 0. The SMILES string of the molecule is Cl.Fc1ccccc1COc1cccc(CNC2CCCC2)c1. The summed E-state index contributed by atoms with van der Waals surface area (Å²) < 4.78 is 19.3. The fourth-order valence-corrected chi connectivity index (χ4v) is 2.91. The normalized spacial score (nSPS) is 14.5. The number of ether oxygens (including phenoxy) is 1. The molecule has 2 nitrogen and oxygen atoms in total. The zero-order valence-corrected chi connectivity index (χ0v) is 13.9. The molecular weight excluding hydrogens is 313 g/mol. The van der Waals surface area contributed by atoms with Crippen LogP contribution in [-0.4, -0.2) is 6.04 Å². The Morgan fingerprint density at radius 1 is 1.04 bits per heavy atom. The minimum atomic E-state index is -0.221. The van der Waals surface area contributed by atoms with Gasteiger partial charge in [0.1, 0.15) is 18.2 Å². The zero-order chi connectivity index (χ0) is 15.2. The average Bonchev–Trinajstić information content (AvgIpc) is 3.06. The number of hydrogen-bond donors (Lipinski definition) is 1. The largest absolute Gasteiger partial charge is 0.489 e. The Bertz CT molecular complexity index is 614. The molecule has 4 heteroatoms. The van der Waals surface area contributed by atoms with Crippen LogP contribution in [0.4, 0.5) is 4.39 Å². The van der Waals surface area contributed by atoms with Crippen molar-refractivity contribution >= 4 is 12.4 Å². The topological polar surface area (TPSA) is 21.3 Å². The van der Waals surface area contributed by atoms with Crippen molar-refractivity contribution < 1.29 is 9.13 Å². The van der Waals surface area contributed by atoms with Crippen molar-refractivity contribution in [2.75, 3.05) is 0 Å². The number of hydrogen-bond acceptors (Lipinski definition) is 2. The Balaban J connectivity index is 0.00000192. The van der Waals surface area contributed by atoms with Crippen LogP contribution in [-0.2, 0) is 13.2 Å². The summed E-state index contributed by atoms with van der Waals surface area (Å²) in [6.07, 6.45) is 5.24. The molecule has 1 aliphatic rings. The fourth-order valence-electron chi connectivity index (χ4n) is 2.91. The zero-order valence-electron chi connectivity index (χ0n) is 13.1. The first-order chi connectivity index (χ1) is 10.8. The van der Waals surface area contributed by atoms with Gasteiger partial charge in [0.05, 0.1) is 0 Å². The van der Waals surface area contributed by atoms with Crippen molar-refractivity contribution in [3.05, 3.63) is 65.5 Å². The number of benzene rings is 2. The summed E-state index contributed by atoms with van der Waals surface area (Å²) in [5.74, 6) is 0.565. The summed E-state index contributed by atoms with van der Waals surface area (Å²) in [7, 11) is 0. The van der Waals surface area contributed by atoms with Gasteiger partial charge in [-0.25, -0.2) is 4.39 Å². The van der Waals surface area contributed by atoms with Gasteiger partial charge in [0.15, 0.2) is 0 Å². The molecule has 0 radical (unpaired) electrons. The van der Waals surface area contributed by atoms with E-state index in [0.29, 0.717) is 11.6 Å². The number of halogens is 2. The van der Waals surface area contributed by atoms with Crippen molar-refractivity contribution in [1.29, 1.82) is 0 Å². The summed E-state index contributed by atoms with van der Waals surface area (Å²) in [5.41, 5.74) is 1.79. The van der Waals surface area contributed by atoms with Gasteiger partial charge in [-0.05, 0) is 36.6 Å². The molecule has 2 aromatic rings. The van der Waals surface area contributed by atoms with E-state index in [9.17, 15) is 4.39 Å². The molecule has 3 rings (SSSR count). The predicted molar refractivity (Wildman–Crippen MR) is 93.5 cm³/mol. The van der Waals surface area contributed by atoms with Gasteiger partial charge >= 0.3 is 0 Å². The van der Waals surface area contributed by atoms with E-state index in [1.165, 1.54) is 37.3 Å². The molecular formula is C19H23ClFNO. The second-order valence-electron chi connectivity index (χ2n) is 5.89. The first-order valence-electron chi connectivity index (χ1n) is 8.00. The van der Waals surface area contributed by atoms with E-state index in [-0.39, 0.29) is 24.8 Å². The van der Waals surface area contributed by atoms with Crippen molar-refractivity contribution in [2.24, 2.45) is 0 Å². The molecule has 23 heavy (non-hydrogen) atoms. The van der Waals surface area contributed by atoms with Gasteiger partial charge in [-0.3, -0.25) is 0 Å². The standard InChI is InChI=1S/C19H22FNO.ClH/c20-19-11-4-1-7-16(19)14-22-18-10-5-6-15(12-18)13-21-17-8-2-3-9-17;/h1,4-7,10-12,17,21H,2-3,8-9,13-14H2;1H. The average molecular weight is 336 g/mol. The Hall–Kier alpha value is -1.58. The lowest BCUT2D eigenvalue weighted by molar-refractivity contribution is 0.299. The van der Waals surface area contributed by atoms with Gasteiger partial charge in [-0.2, -0.15) is 0 Å². The molecule has 1 fully saturated rings. The molecule has 1 aliphatic carbocycles. The van der Waals surface area contributed by atoms with Gasteiger partial charge in [0, 0.05) is 18.2 Å². The van der Waals surface area contributed by atoms with E-state index in [0.717, 1.165) is 12.3 Å². The monoisotopic (exact) mass is 335 g/mol. The van der Waals surface area contributed by atoms with Crippen LogP contribution in [0.3, 0.4) is 0 Å². The number of rotatable bonds is 6. The van der Waals surface area contributed by atoms with Crippen molar-refractivity contribution in [1.82, 2.24) is 5.32 Å². The molecule has 2 aromatic carbocycles. The lowest BCUT2D eigenvalue weighted by Gasteiger charge is -2.13. The quantitative estimate of drug-likeness (QED) is 0.814. The lowest BCUT2D eigenvalue weighted by Crippen LogP contribution is -2.25. The second-order valence-corrected chi connectivity index (χ2v) is 5.89. The third-order valence-corrected chi connectivity index (χ3v) is 4.20. The van der Waals surface area contributed by atoms with E-state index in [4.69, 9.17) is 4.74 Å². The fraction of sp³-hybridized carbons (Fsp3) is 0.368. The third kappa shape index (κ3) is 5.22. The van der Waals surface area contributed by atoms with E-state index in [1.54, 1.807) is 12.1 Å². The van der Waals surface area contributed by atoms with Gasteiger partial charge < -0.3 is 10.1 Å². The Kier molecular flexibility index (Phi) is 6.87. The minimum absolute atomic E-state index is 0. The van der Waals surface area contributed by atoms with Crippen LogP contribution >= 0.6 is 12.4 Å². The van der Waals surface area contributed by atoms with Crippen LogP contribution in [0.2, 0.25) is 0 Å². The van der Waals surface area contributed by atoms with Crippen LogP contribution < -0.4 is 10.1 Å². The highest BCUT2D eigenvalue weighted by Crippen LogP contribution is 2.20. The molecule has 1 N–H and O–H groups in total. The lowest BCUT2D eigenvalue weighted by atomic mass is 10.2. The molecule has 0 aliphatic heterocycles. The van der Waals surface area contributed by atoms with E-state index in [1.807, 2.05) is 24.3 Å². The summed E-state index contributed by atoms with van der Waals surface area (Å²) in [6, 6.07) is 15.4. The molecule has 0 saturated heterocycles. The smallest absolute Gasteiger partial charge is 0.129 e. The Morgan fingerprint density at radius 3 is 2.61 bits per heavy atom.